The molecule has 0 aliphatic rings. The predicted octanol–water partition coefficient (Wildman–Crippen LogP) is 8.54. The standard InChI is InChI=1S/C30H48O3Si/c1-30(2,3)34(4,5)33-24-15-7-6-14-21-29(32-26-28-19-12-9-13-20-28)22-16-23-31-25-27-17-10-8-11-18-27/h8-13,17-20,29H,6-7,14-16,21-26H2,1-5H3/t29-/m0/s1. The van der Waals surface area contributed by atoms with Gasteiger partial charge in [0.2, 0.25) is 0 Å². The summed E-state index contributed by atoms with van der Waals surface area (Å²) in [5.74, 6) is 0. The van der Waals surface area contributed by atoms with E-state index in [1.54, 1.807) is 0 Å². The van der Waals surface area contributed by atoms with E-state index in [1.807, 2.05) is 6.07 Å². The maximum absolute atomic E-state index is 6.33. The van der Waals surface area contributed by atoms with Gasteiger partial charge >= 0.3 is 0 Å². The molecule has 3 nitrogen and oxygen atoms in total. The van der Waals surface area contributed by atoms with Crippen molar-refractivity contribution in [3.05, 3.63) is 71.8 Å². The van der Waals surface area contributed by atoms with E-state index in [-0.39, 0.29) is 0 Å². The fourth-order valence-corrected chi connectivity index (χ4v) is 4.74. The summed E-state index contributed by atoms with van der Waals surface area (Å²) in [6.45, 7) is 14.7. The van der Waals surface area contributed by atoms with Crippen LogP contribution in [0.25, 0.3) is 0 Å². The van der Waals surface area contributed by atoms with Crippen LogP contribution in [0, 0.1) is 0 Å². The van der Waals surface area contributed by atoms with Crippen LogP contribution < -0.4 is 0 Å². The molecule has 0 aliphatic heterocycles. The summed E-state index contributed by atoms with van der Waals surface area (Å²) in [6.07, 6.45) is 8.36. The van der Waals surface area contributed by atoms with E-state index in [1.165, 1.54) is 30.4 Å². The number of rotatable bonds is 17. The molecule has 2 aromatic rings. The van der Waals surface area contributed by atoms with Crippen LogP contribution in [0.1, 0.15) is 76.8 Å². The van der Waals surface area contributed by atoms with Gasteiger partial charge in [-0.3, -0.25) is 0 Å². The Bertz CT molecular complexity index is 756. The Labute approximate surface area is 210 Å². The second kappa shape index (κ2) is 15.5. The smallest absolute Gasteiger partial charge is 0.191 e. The Hall–Kier alpha value is -1.46. The Kier molecular flexibility index (Phi) is 13.1. The van der Waals surface area contributed by atoms with Crippen molar-refractivity contribution in [3.8, 4) is 0 Å². The zero-order valence-corrected chi connectivity index (χ0v) is 23.4. The first-order valence-corrected chi connectivity index (χ1v) is 16.1. The van der Waals surface area contributed by atoms with Gasteiger partial charge in [0.05, 0.1) is 19.3 Å². The van der Waals surface area contributed by atoms with Gasteiger partial charge in [-0.15, -0.1) is 0 Å². The Morgan fingerprint density at radius 2 is 1.24 bits per heavy atom. The largest absolute Gasteiger partial charge is 0.417 e. The topological polar surface area (TPSA) is 27.7 Å². The quantitative estimate of drug-likeness (QED) is 0.166. The summed E-state index contributed by atoms with van der Waals surface area (Å²) < 4.78 is 18.5. The first-order chi connectivity index (χ1) is 16.3. The third-order valence-corrected chi connectivity index (χ3v) is 11.5. The molecule has 0 N–H and O–H groups in total. The second-order valence-electron chi connectivity index (χ2n) is 10.9. The molecule has 190 valence electrons. The van der Waals surface area contributed by atoms with Crippen LogP contribution in [0.2, 0.25) is 18.1 Å². The van der Waals surface area contributed by atoms with Crippen LogP contribution in [-0.2, 0) is 27.1 Å². The minimum Gasteiger partial charge on any atom is -0.417 e. The van der Waals surface area contributed by atoms with Gasteiger partial charge in [0.25, 0.3) is 0 Å². The number of unbranched alkanes of at least 4 members (excludes halogenated alkanes) is 3. The molecule has 34 heavy (non-hydrogen) atoms. The van der Waals surface area contributed by atoms with Gasteiger partial charge in [0, 0.05) is 13.2 Å². The van der Waals surface area contributed by atoms with E-state index >= 15 is 0 Å². The Morgan fingerprint density at radius 1 is 0.676 bits per heavy atom. The van der Waals surface area contributed by atoms with Crippen molar-refractivity contribution >= 4 is 8.32 Å². The first kappa shape index (κ1) is 28.8. The molecular formula is C30H48O3Si. The highest BCUT2D eigenvalue weighted by atomic mass is 28.4. The van der Waals surface area contributed by atoms with Crippen LogP contribution >= 0.6 is 0 Å². The Balaban J connectivity index is 1.65. The van der Waals surface area contributed by atoms with Gasteiger partial charge in [-0.1, -0.05) is 101 Å². The molecule has 0 aliphatic carbocycles. The van der Waals surface area contributed by atoms with Crippen molar-refractivity contribution < 1.29 is 13.9 Å². The van der Waals surface area contributed by atoms with Crippen molar-refractivity contribution in [3.63, 3.8) is 0 Å². The average molecular weight is 485 g/mol. The lowest BCUT2D eigenvalue weighted by atomic mass is 10.1. The molecule has 0 unspecified atom stereocenters. The lowest BCUT2D eigenvalue weighted by Gasteiger charge is -2.36. The molecule has 2 aromatic carbocycles. The molecule has 0 aromatic heterocycles. The SMILES string of the molecule is CC(C)(C)[Si](C)(C)OCCCCCC[C@@H](CCCOCc1ccccc1)OCc1ccccc1. The normalized spacial score (nSPS) is 13.2. The molecule has 0 saturated heterocycles. The number of benzene rings is 2. The summed E-state index contributed by atoms with van der Waals surface area (Å²) in [5.41, 5.74) is 2.48. The van der Waals surface area contributed by atoms with Gasteiger partial charge < -0.3 is 13.9 Å². The minimum absolute atomic E-state index is 0.293. The number of ether oxygens (including phenoxy) is 2. The predicted molar refractivity (Wildman–Crippen MR) is 147 cm³/mol. The van der Waals surface area contributed by atoms with Crippen molar-refractivity contribution in [2.45, 2.75) is 103 Å². The molecule has 0 saturated carbocycles. The van der Waals surface area contributed by atoms with Crippen LogP contribution in [0.4, 0.5) is 0 Å². The van der Waals surface area contributed by atoms with E-state index in [0.717, 1.165) is 38.9 Å². The van der Waals surface area contributed by atoms with Gasteiger partial charge in [0.15, 0.2) is 8.32 Å². The minimum atomic E-state index is -1.61. The second-order valence-corrected chi connectivity index (χ2v) is 15.7. The van der Waals surface area contributed by atoms with E-state index in [4.69, 9.17) is 13.9 Å². The molecule has 0 spiro atoms. The fraction of sp³-hybridized carbons (Fsp3) is 0.600. The lowest BCUT2D eigenvalue weighted by Crippen LogP contribution is -2.40. The van der Waals surface area contributed by atoms with Crippen LogP contribution in [0.15, 0.2) is 60.7 Å². The van der Waals surface area contributed by atoms with Gasteiger partial charge in [-0.25, -0.2) is 0 Å². The lowest BCUT2D eigenvalue weighted by molar-refractivity contribution is 0.0186. The molecular weight excluding hydrogens is 436 g/mol. The molecule has 0 radical (unpaired) electrons. The number of hydrogen-bond donors (Lipinski definition) is 0. The van der Waals surface area contributed by atoms with Crippen molar-refractivity contribution in [2.75, 3.05) is 13.2 Å². The van der Waals surface area contributed by atoms with E-state index in [0.29, 0.717) is 24.4 Å². The van der Waals surface area contributed by atoms with Crippen LogP contribution in [0.5, 0.6) is 0 Å². The average Bonchev–Trinajstić information content (AvgIpc) is 2.81. The highest BCUT2D eigenvalue weighted by Gasteiger charge is 2.36. The van der Waals surface area contributed by atoms with Gasteiger partial charge in [0.1, 0.15) is 0 Å². The summed E-state index contributed by atoms with van der Waals surface area (Å²) in [6, 6.07) is 20.9. The molecule has 0 amide bonds. The molecule has 0 bridgehead atoms. The maximum Gasteiger partial charge on any atom is 0.191 e. The van der Waals surface area contributed by atoms with Crippen LogP contribution in [-0.4, -0.2) is 27.6 Å². The van der Waals surface area contributed by atoms with Crippen molar-refractivity contribution in [1.29, 1.82) is 0 Å². The van der Waals surface area contributed by atoms with E-state index < -0.39 is 8.32 Å². The van der Waals surface area contributed by atoms with E-state index in [2.05, 4.69) is 88.5 Å². The molecule has 2 rings (SSSR count). The number of hydrogen-bond acceptors (Lipinski definition) is 3. The zero-order valence-electron chi connectivity index (χ0n) is 22.4. The van der Waals surface area contributed by atoms with Gasteiger partial charge in [-0.2, -0.15) is 0 Å². The fourth-order valence-electron chi connectivity index (χ4n) is 3.65. The Morgan fingerprint density at radius 3 is 1.85 bits per heavy atom. The highest BCUT2D eigenvalue weighted by Crippen LogP contribution is 2.36. The van der Waals surface area contributed by atoms with Crippen LogP contribution in [0.3, 0.4) is 0 Å². The van der Waals surface area contributed by atoms with Crippen molar-refractivity contribution in [2.24, 2.45) is 0 Å². The molecule has 4 heteroatoms. The maximum atomic E-state index is 6.33. The third-order valence-electron chi connectivity index (χ3n) is 6.94. The molecule has 1 atom stereocenters. The summed E-state index contributed by atoms with van der Waals surface area (Å²) >= 11 is 0. The monoisotopic (exact) mass is 484 g/mol. The zero-order chi connectivity index (χ0) is 24.7. The highest BCUT2D eigenvalue weighted by molar-refractivity contribution is 6.74. The summed E-state index contributed by atoms with van der Waals surface area (Å²) in [7, 11) is -1.61. The molecule has 0 heterocycles. The van der Waals surface area contributed by atoms with Crippen molar-refractivity contribution in [1.82, 2.24) is 0 Å². The van der Waals surface area contributed by atoms with E-state index in [9.17, 15) is 0 Å². The first-order valence-electron chi connectivity index (χ1n) is 13.2. The third kappa shape index (κ3) is 11.8. The summed E-state index contributed by atoms with van der Waals surface area (Å²) in [5, 5.41) is 0.293. The molecule has 0 fully saturated rings. The summed E-state index contributed by atoms with van der Waals surface area (Å²) in [4.78, 5) is 0. The van der Waals surface area contributed by atoms with Gasteiger partial charge in [-0.05, 0) is 54.9 Å².